The van der Waals surface area contributed by atoms with Gasteiger partial charge in [0.05, 0.1) is 85.6 Å². The molecular formula is C73H93N15O9. The molecule has 0 radical (unpaired) electrons. The number of aryl methyl sites for hydroxylation is 1. The summed E-state index contributed by atoms with van der Waals surface area (Å²) in [5.74, 6) is -0.251. The molecule has 97 heavy (non-hydrogen) atoms. The zero-order valence-electron chi connectivity index (χ0n) is 58.3. The van der Waals surface area contributed by atoms with E-state index in [0.29, 0.717) is 43.6 Å². The molecule has 3 aromatic carbocycles. The van der Waals surface area contributed by atoms with Crippen molar-refractivity contribution < 1.29 is 43.9 Å². The van der Waals surface area contributed by atoms with Crippen LogP contribution in [0.25, 0.3) is 32.7 Å². The standard InChI is InChI=1S/C25H31N5O3.C25H33N5O3.C23H29N5O3/c1-25(2,32)17-11-18(12-17)29-14-16-10-20(23(28(3)4)13-19(16)27-29)26-24(31)22-7-5-6-21(30(22)33)15-8-9-15;1-15(2)21-8-7-9-22(30(21)33)24(31)26-20-10-16-14-29(18-11-17(12-18)25(3,4)32)27-19(16)13-23(20)28(5)6;1-14-7-6-8-20(28(14)31)22(29)24-19-9-15-13-27(17-10-16(11-17)23(2,3)30)25-18(15)12-21(19)26(4)5/h5-7,10,13-15,17-18,32H,8-9,11-12H2,1-4H3,(H,26,31);7-10,13-15,17-18,32H,11-12H2,1-6H3,(H,26,31);6-9,12-13,16-17,30H,10-11H2,1-5H3,(H,24,29). The summed E-state index contributed by atoms with van der Waals surface area (Å²) in [5.41, 5.74) is 6.69. The van der Waals surface area contributed by atoms with Crippen molar-refractivity contribution >= 4 is 84.6 Å². The maximum absolute atomic E-state index is 13.0. The van der Waals surface area contributed by atoms with Gasteiger partial charge in [0.2, 0.25) is 0 Å². The summed E-state index contributed by atoms with van der Waals surface area (Å²) < 4.78 is 8.02. The normalized spacial score (nSPS) is 19.2. The molecule has 0 saturated heterocycles. The first kappa shape index (κ1) is 69.0. The van der Waals surface area contributed by atoms with Gasteiger partial charge in [0, 0.05) is 132 Å². The highest BCUT2D eigenvalue weighted by Crippen LogP contribution is 2.47. The van der Waals surface area contributed by atoms with Crippen LogP contribution in [0.1, 0.15) is 185 Å². The lowest BCUT2D eigenvalue weighted by molar-refractivity contribution is -0.617. The number of hydrogen-bond donors (Lipinski definition) is 6. The molecule has 0 aliphatic heterocycles. The largest absolute Gasteiger partial charge is 0.618 e. The van der Waals surface area contributed by atoms with Crippen molar-refractivity contribution in [3.05, 3.63) is 159 Å². The number of benzene rings is 3. The third-order valence-corrected chi connectivity index (χ3v) is 19.9. The first-order valence-electron chi connectivity index (χ1n) is 33.5. The number of aliphatic hydroxyl groups is 3. The predicted molar refractivity (Wildman–Crippen MR) is 377 cm³/mol. The molecule has 4 saturated carbocycles. The van der Waals surface area contributed by atoms with Crippen LogP contribution in [-0.4, -0.2) is 121 Å². The van der Waals surface area contributed by atoms with Crippen LogP contribution in [0.3, 0.4) is 0 Å². The second kappa shape index (κ2) is 26.6. The van der Waals surface area contributed by atoms with Crippen molar-refractivity contribution in [2.24, 2.45) is 17.8 Å². The van der Waals surface area contributed by atoms with Crippen LogP contribution in [-0.2, 0) is 0 Å². The van der Waals surface area contributed by atoms with Gasteiger partial charge in [-0.2, -0.15) is 29.5 Å². The summed E-state index contributed by atoms with van der Waals surface area (Å²) in [6, 6.07) is 27.4. The van der Waals surface area contributed by atoms with Gasteiger partial charge in [-0.25, -0.2) is 0 Å². The molecule has 0 spiro atoms. The Kier molecular flexibility index (Phi) is 18.9. The van der Waals surface area contributed by atoms with Gasteiger partial charge in [-0.3, -0.25) is 28.4 Å². The molecule has 6 heterocycles. The van der Waals surface area contributed by atoms with Crippen LogP contribution < -0.4 is 44.8 Å². The van der Waals surface area contributed by atoms with E-state index in [1.54, 1.807) is 49.4 Å². The van der Waals surface area contributed by atoms with Gasteiger partial charge >= 0.3 is 17.7 Å². The number of anilines is 6. The Hall–Kier alpha value is -9.39. The van der Waals surface area contributed by atoms with E-state index in [4.69, 9.17) is 15.3 Å². The number of aromatic nitrogens is 9. The number of nitrogens with zero attached hydrogens (tertiary/aromatic N) is 12. The van der Waals surface area contributed by atoms with Crippen molar-refractivity contribution in [1.82, 2.24) is 29.3 Å². The van der Waals surface area contributed by atoms with E-state index >= 15 is 0 Å². The lowest BCUT2D eigenvalue weighted by atomic mass is 9.71. The van der Waals surface area contributed by atoms with Crippen molar-refractivity contribution in [2.45, 2.75) is 160 Å². The third kappa shape index (κ3) is 14.7. The Morgan fingerprint density at radius 3 is 1.13 bits per heavy atom. The van der Waals surface area contributed by atoms with E-state index < -0.39 is 34.5 Å². The molecular weight excluding hydrogens is 1230 g/mol. The van der Waals surface area contributed by atoms with Crippen molar-refractivity contribution in [3.8, 4) is 0 Å². The fourth-order valence-electron chi connectivity index (χ4n) is 13.2. The predicted octanol–water partition coefficient (Wildman–Crippen LogP) is 10.4. The van der Waals surface area contributed by atoms with E-state index in [9.17, 15) is 45.3 Å². The summed E-state index contributed by atoms with van der Waals surface area (Å²) in [7, 11) is 11.4. The van der Waals surface area contributed by atoms with Gasteiger partial charge in [0.15, 0.2) is 17.1 Å². The molecule has 3 amide bonds. The molecule has 24 nitrogen and oxygen atoms in total. The quantitative estimate of drug-likeness (QED) is 0.0365. The fraction of sp³-hybridized carbons (Fsp3) is 0.466. The first-order chi connectivity index (χ1) is 45.6. The number of hydrogen-bond acceptors (Lipinski definition) is 15. The molecule has 0 atom stereocenters. The highest BCUT2D eigenvalue weighted by atomic mass is 16.5. The van der Waals surface area contributed by atoms with Crippen LogP contribution in [0.4, 0.5) is 34.1 Å². The minimum Gasteiger partial charge on any atom is -0.618 e. The zero-order valence-corrected chi connectivity index (χ0v) is 58.3. The number of amides is 3. The Morgan fingerprint density at radius 2 is 0.814 bits per heavy atom. The van der Waals surface area contributed by atoms with Crippen LogP contribution in [0, 0.1) is 40.3 Å². The van der Waals surface area contributed by atoms with Gasteiger partial charge in [-0.15, -0.1) is 0 Å². The minimum absolute atomic E-state index is 0.0114. The molecule has 4 aliphatic rings. The van der Waals surface area contributed by atoms with Crippen molar-refractivity contribution in [3.63, 3.8) is 0 Å². The lowest BCUT2D eigenvalue weighted by Crippen LogP contribution is -2.41. The average Bonchev–Trinajstić information content (AvgIpc) is 1.63. The molecule has 0 unspecified atom stereocenters. The smallest absolute Gasteiger partial charge is 0.321 e. The van der Waals surface area contributed by atoms with Gasteiger partial charge in [0.25, 0.3) is 17.1 Å². The Morgan fingerprint density at radius 1 is 0.495 bits per heavy atom. The van der Waals surface area contributed by atoms with E-state index in [-0.39, 0.29) is 64.8 Å². The van der Waals surface area contributed by atoms with Crippen LogP contribution in [0.15, 0.2) is 110 Å². The van der Waals surface area contributed by atoms with E-state index in [1.807, 2.05) is 181 Å². The Labute approximate surface area is 565 Å². The Balaban J connectivity index is 0.000000148. The zero-order chi connectivity index (χ0) is 70.1. The number of pyridine rings is 3. The highest BCUT2D eigenvalue weighted by molar-refractivity contribution is 6.08. The monoisotopic (exact) mass is 1320 g/mol. The van der Waals surface area contributed by atoms with E-state index in [1.165, 1.54) is 12.1 Å². The maximum Gasteiger partial charge on any atom is 0.321 e. The number of rotatable bonds is 17. The number of carbonyl (C=O) groups is 3. The van der Waals surface area contributed by atoms with Crippen LogP contribution >= 0.6 is 0 Å². The van der Waals surface area contributed by atoms with Gasteiger partial charge < -0.3 is 61.6 Å². The number of fused-ring (bicyclic) bond motifs is 3. The maximum atomic E-state index is 13.0. The molecule has 9 aromatic rings. The summed E-state index contributed by atoms with van der Waals surface area (Å²) in [6.07, 6.45) is 13.3. The minimum atomic E-state index is -0.677. The van der Waals surface area contributed by atoms with Crippen LogP contribution in [0.5, 0.6) is 0 Å². The molecule has 4 aliphatic carbocycles. The molecule has 6 N–H and O–H groups in total. The summed E-state index contributed by atoms with van der Waals surface area (Å²) in [4.78, 5) is 44.6. The fourth-order valence-corrected chi connectivity index (χ4v) is 13.2. The Bertz CT molecular complexity index is 4250. The van der Waals surface area contributed by atoms with Gasteiger partial charge in [-0.1, -0.05) is 13.8 Å². The van der Waals surface area contributed by atoms with Gasteiger partial charge in [0.1, 0.15) is 0 Å². The molecule has 6 aromatic heterocycles. The highest BCUT2D eigenvalue weighted by Gasteiger charge is 2.43. The van der Waals surface area contributed by atoms with Gasteiger partial charge in [-0.05, 0) is 165 Å². The number of carbonyl (C=O) groups excluding carboxylic acids is 3. The molecule has 13 rings (SSSR count). The second-order valence-corrected chi connectivity index (χ2v) is 29.6. The summed E-state index contributed by atoms with van der Waals surface area (Å²) in [6.45, 7) is 16.6. The topological polar surface area (TPSA) is 292 Å². The molecule has 4 fully saturated rings. The van der Waals surface area contributed by atoms with Crippen molar-refractivity contribution in [2.75, 3.05) is 72.9 Å². The number of nitrogens with one attached hydrogen (secondary N) is 3. The summed E-state index contributed by atoms with van der Waals surface area (Å²) in [5, 5.41) is 94.1. The summed E-state index contributed by atoms with van der Waals surface area (Å²) >= 11 is 0. The molecule has 0 bridgehead atoms. The van der Waals surface area contributed by atoms with E-state index in [2.05, 4.69) is 16.0 Å². The SMILES string of the molecule is CC(C)c1cccc(C(=O)Nc2cc3cn(C4CC(C(C)(C)O)C4)nc3cc2N(C)C)[n+]1[O-].CN(C)c1cc2nn(C3CC(C(C)(C)O)C3)cc2cc1NC(=O)c1cccc(C2CC2)[n+]1[O-].Cc1cccc(C(=O)Nc2cc3cn(C4CC(C(C)(C)O)C4)nc3cc2N(C)C)[n+]1[O-]. The second-order valence-electron chi connectivity index (χ2n) is 29.6. The first-order valence-corrected chi connectivity index (χ1v) is 33.5. The molecule has 24 heteroatoms. The van der Waals surface area contributed by atoms with E-state index in [0.717, 1.165) is 106 Å². The van der Waals surface area contributed by atoms with Crippen LogP contribution in [0.2, 0.25) is 0 Å². The third-order valence-electron chi connectivity index (χ3n) is 19.9. The lowest BCUT2D eigenvalue weighted by Gasteiger charge is -2.42. The average molecular weight is 1320 g/mol. The molecule has 514 valence electrons. The van der Waals surface area contributed by atoms with Crippen molar-refractivity contribution in [1.29, 1.82) is 0 Å².